The first-order valence-corrected chi connectivity index (χ1v) is 9.30. The number of nitrogens with zero attached hydrogens (tertiary/aromatic N) is 1. The molecule has 0 unspecified atom stereocenters. The van der Waals surface area contributed by atoms with E-state index in [9.17, 15) is 14.0 Å². The van der Waals surface area contributed by atoms with E-state index in [1.54, 1.807) is 30.3 Å². The van der Waals surface area contributed by atoms with Crippen molar-refractivity contribution in [2.75, 3.05) is 11.9 Å². The summed E-state index contributed by atoms with van der Waals surface area (Å²) < 4.78 is 12.9. The summed E-state index contributed by atoms with van der Waals surface area (Å²) in [5.41, 5.74) is 4.13. The van der Waals surface area contributed by atoms with Crippen LogP contribution in [0.4, 0.5) is 10.1 Å². The van der Waals surface area contributed by atoms with Crippen molar-refractivity contribution in [3.63, 3.8) is 0 Å². The van der Waals surface area contributed by atoms with Gasteiger partial charge in [-0.25, -0.2) is 9.37 Å². The van der Waals surface area contributed by atoms with Crippen LogP contribution in [0.5, 0.6) is 0 Å². The van der Waals surface area contributed by atoms with E-state index in [2.05, 4.69) is 15.6 Å². The Morgan fingerprint density at radius 3 is 2.28 bits per heavy atom. The summed E-state index contributed by atoms with van der Waals surface area (Å²) in [7, 11) is 0. The van der Waals surface area contributed by atoms with Gasteiger partial charge in [-0.15, -0.1) is 0 Å². The van der Waals surface area contributed by atoms with Gasteiger partial charge in [0.1, 0.15) is 17.2 Å². The van der Waals surface area contributed by atoms with Crippen LogP contribution in [0, 0.1) is 19.7 Å². The highest BCUT2D eigenvalue weighted by Crippen LogP contribution is 2.15. The molecule has 1 aromatic heterocycles. The fourth-order valence-corrected chi connectivity index (χ4v) is 2.76. The second-order valence-electron chi connectivity index (χ2n) is 6.79. The Bertz CT molecular complexity index is 1030. The van der Waals surface area contributed by atoms with Gasteiger partial charge in [0.2, 0.25) is 0 Å². The molecule has 29 heavy (non-hydrogen) atoms. The van der Waals surface area contributed by atoms with Crippen LogP contribution in [0.15, 0.2) is 60.7 Å². The Morgan fingerprint density at radius 2 is 1.59 bits per heavy atom. The van der Waals surface area contributed by atoms with E-state index < -0.39 is 0 Å². The Labute approximate surface area is 169 Å². The summed E-state index contributed by atoms with van der Waals surface area (Å²) in [5.74, 6) is -1.04. The Morgan fingerprint density at radius 1 is 0.897 bits per heavy atom. The number of nitrogens with one attached hydrogen (secondary N) is 2. The first kappa shape index (κ1) is 20.2. The lowest BCUT2D eigenvalue weighted by atomic mass is 10.1. The number of halogens is 1. The maximum Gasteiger partial charge on any atom is 0.274 e. The second kappa shape index (κ2) is 9.10. The first-order valence-electron chi connectivity index (χ1n) is 9.30. The van der Waals surface area contributed by atoms with Gasteiger partial charge in [0, 0.05) is 12.2 Å². The molecule has 0 saturated heterocycles. The van der Waals surface area contributed by atoms with E-state index in [0.717, 1.165) is 16.7 Å². The van der Waals surface area contributed by atoms with Crippen molar-refractivity contribution in [3.8, 4) is 0 Å². The standard InChI is InChI=1S/C23H22FN3O2/c1-15-6-11-19(14-16(15)2)26-23(29)21-5-3-4-20(27-21)22(28)25-13-12-17-7-9-18(24)10-8-17/h3-11,14H,12-13H2,1-2H3,(H,25,28)(H,26,29). The number of rotatable bonds is 6. The summed E-state index contributed by atoms with van der Waals surface area (Å²) in [5, 5.41) is 5.56. The average molecular weight is 391 g/mol. The zero-order chi connectivity index (χ0) is 20.8. The van der Waals surface area contributed by atoms with Crippen LogP contribution in [0.3, 0.4) is 0 Å². The summed E-state index contributed by atoms with van der Waals surface area (Å²) in [6.07, 6.45) is 0.568. The summed E-state index contributed by atoms with van der Waals surface area (Å²) in [4.78, 5) is 29.0. The molecule has 148 valence electrons. The molecular weight excluding hydrogens is 369 g/mol. The lowest BCUT2D eigenvalue weighted by molar-refractivity contribution is 0.0949. The molecule has 5 nitrogen and oxygen atoms in total. The number of anilines is 1. The molecule has 0 radical (unpaired) electrons. The molecule has 6 heteroatoms. The van der Waals surface area contributed by atoms with Crippen LogP contribution >= 0.6 is 0 Å². The highest BCUT2D eigenvalue weighted by molar-refractivity contribution is 6.03. The molecule has 0 atom stereocenters. The summed E-state index contributed by atoms with van der Waals surface area (Å²) >= 11 is 0. The number of pyridine rings is 1. The van der Waals surface area contributed by atoms with Gasteiger partial charge < -0.3 is 10.6 Å². The zero-order valence-corrected chi connectivity index (χ0v) is 16.3. The van der Waals surface area contributed by atoms with E-state index in [-0.39, 0.29) is 29.0 Å². The smallest absolute Gasteiger partial charge is 0.274 e. The molecule has 3 rings (SSSR count). The molecule has 3 aromatic rings. The highest BCUT2D eigenvalue weighted by Gasteiger charge is 2.13. The highest BCUT2D eigenvalue weighted by atomic mass is 19.1. The molecule has 0 fully saturated rings. The predicted molar refractivity (Wildman–Crippen MR) is 111 cm³/mol. The molecule has 0 saturated carbocycles. The molecule has 2 aromatic carbocycles. The number of hydrogen-bond donors (Lipinski definition) is 2. The van der Waals surface area contributed by atoms with Gasteiger partial charge in [0.25, 0.3) is 11.8 Å². The van der Waals surface area contributed by atoms with Crippen LogP contribution < -0.4 is 10.6 Å². The fraction of sp³-hybridized carbons (Fsp3) is 0.174. The molecular formula is C23H22FN3O2. The van der Waals surface area contributed by atoms with E-state index >= 15 is 0 Å². The molecule has 0 spiro atoms. The number of amides is 2. The SMILES string of the molecule is Cc1ccc(NC(=O)c2cccc(C(=O)NCCc3ccc(F)cc3)n2)cc1C. The third-order valence-corrected chi connectivity index (χ3v) is 4.59. The minimum absolute atomic E-state index is 0.161. The van der Waals surface area contributed by atoms with Crippen molar-refractivity contribution in [3.05, 3.63) is 94.6 Å². The Hall–Kier alpha value is -3.54. The number of aryl methyl sites for hydroxylation is 2. The first-order chi connectivity index (χ1) is 13.9. The monoisotopic (exact) mass is 391 g/mol. The average Bonchev–Trinajstić information content (AvgIpc) is 2.72. The van der Waals surface area contributed by atoms with Crippen molar-refractivity contribution in [2.45, 2.75) is 20.3 Å². The topological polar surface area (TPSA) is 71.1 Å². The van der Waals surface area contributed by atoms with Crippen LogP contribution in [-0.2, 0) is 6.42 Å². The van der Waals surface area contributed by atoms with Gasteiger partial charge in [-0.05, 0) is 73.4 Å². The van der Waals surface area contributed by atoms with Gasteiger partial charge in [-0.2, -0.15) is 0 Å². The third kappa shape index (κ3) is 5.48. The quantitative estimate of drug-likeness (QED) is 0.666. The van der Waals surface area contributed by atoms with E-state index in [4.69, 9.17) is 0 Å². The third-order valence-electron chi connectivity index (χ3n) is 4.59. The normalized spacial score (nSPS) is 10.4. The minimum atomic E-state index is -0.380. The molecule has 2 N–H and O–H groups in total. The van der Waals surface area contributed by atoms with Crippen molar-refractivity contribution >= 4 is 17.5 Å². The van der Waals surface area contributed by atoms with Crippen LogP contribution in [0.1, 0.15) is 37.7 Å². The fourth-order valence-electron chi connectivity index (χ4n) is 2.76. The second-order valence-corrected chi connectivity index (χ2v) is 6.79. The van der Waals surface area contributed by atoms with Crippen LogP contribution in [0.25, 0.3) is 0 Å². The van der Waals surface area contributed by atoms with Crippen molar-refractivity contribution in [1.29, 1.82) is 0 Å². The van der Waals surface area contributed by atoms with E-state index in [1.807, 2.05) is 32.0 Å². The molecule has 0 bridgehead atoms. The van der Waals surface area contributed by atoms with Gasteiger partial charge in [0.15, 0.2) is 0 Å². The Balaban J connectivity index is 1.60. The van der Waals surface area contributed by atoms with Gasteiger partial charge in [-0.3, -0.25) is 9.59 Å². The van der Waals surface area contributed by atoms with Crippen molar-refractivity contribution in [2.24, 2.45) is 0 Å². The molecule has 0 aliphatic heterocycles. The summed E-state index contributed by atoms with van der Waals surface area (Å²) in [6.45, 7) is 4.35. The largest absolute Gasteiger partial charge is 0.350 e. The number of aromatic nitrogens is 1. The number of carbonyl (C=O) groups is 2. The van der Waals surface area contributed by atoms with E-state index in [0.29, 0.717) is 18.7 Å². The van der Waals surface area contributed by atoms with Crippen LogP contribution in [0.2, 0.25) is 0 Å². The molecule has 2 amide bonds. The van der Waals surface area contributed by atoms with Crippen LogP contribution in [-0.4, -0.2) is 23.3 Å². The molecule has 1 heterocycles. The van der Waals surface area contributed by atoms with Gasteiger partial charge >= 0.3 is 0 Å². The Kier molecular flexibility index (Phi) is 6.34. The van der Waals surface area contributed by atoms with Crippen molar-refractivity contribution in [1.82, 2.24) is 10.3 Å². The maximum atomic E-state index is 12.9. The van der Waals surface area contributed by atoms with E-state index in [1.165, 1.54) is 12.1 Å². The minimum Gasteiger partial charge on any atom is -0.350 e. The number of benzene rings is 2. The van der Waals surface area contributed by atoms with Gasteiger partial charge in [0.05, 0.1) is 0 Å². The molecule has 0 aliphatic carbocycles. The van der Waals surface area contributed by atoms with Gasteiger partial charge in [-0.1, -0.05) is 24.3 Å². The lowest BCUT2D eigenvalue weighted by Crippen LogP contribution is -2.27. The van der Waals surface area contributed by atoms with Crippen molar-refractivity contribution < 1.29 is 14.0 Å². The summed E-state index contributed by atoms with van der Waals surface area (Å²) in [6, 6.07) is 16.5. The predicted octanol–water partition coefficient (Wildman–Crippen LogP) is 4.06. The molecule has 0 aliphatic rings. The maximum absolute atomic E-state index is 12.9. The number of hydrogen-bond acceptors (Lipinski definition) is 3. The zero-order valence-electron chi connectivity index (χ0n) is 16.3. The number of carbonyl (C=O) groups excluding carboxylic acids is 2. The lowest BCUT2D eigenvalue weighted by Gasteiger charge is -2.09.